The number of rotatable bonds is 22. The second kappa shape index (κ2) is 30.5. The molecular formula is C62H73ClF4N10O10P2S2. The molecule has 20 nitrogen and oxygen atoms in total. The van der Waals surface area contributed by atoms with E-state index in [0.29, 0.717) is 32.5 Å². The minimum absolute atomic E-state index is 0.00562. The van der Waals surface area contributed by atoms with Crippen molar-refractivity contribution in [3.63, 3.8) is 0 Å². The fourth-order valence-electron chi connectivity index (χ4n) is 8.76. The Kier molecular flexibility index (Phi) is 24.7. The highest BCUT2D eigenvalue weighted by Gasteiger charge is 2.47. The van der Waals surface area contributed by atoms with Crippen LogP contribution in [-0.2, 0) is 65.3 Å². The number of phosphoric acid groups is 2. The van der Waals surface area contributed by atoms with Crippen molar-refractivity contribution in [2.24, 2.45) is 0 Å². The number of nitriles is 2. The summed E-state index contributed by atoms with van der Waals surface area (Å²) in [5.41, 5.74) is -2.53. The third kappa shape index (κ3) is 21.3. The van der Waals surface area contributed by atoms with Crippen molar-refractivity contribution in [3.05, 3.63) is 177 Å². The minimum atomic E-state index is -4.22. The molecule has 4 aromatic carbocycles. The standard InChI is InChI=1S/C31H36F2N5O5PS.C22H17F2N5OS.C9H20ClO4P/c1-21(28-37-27(16-45-28)23-10-8-22(15-34)9-11-23)31(17-38-19-35-18-36-38,25-13-12-24(32)14-26(25)33)40-20-41-44(39,42-29(2,3)4)43-30(5,6)7;1-14(21-28-20(10-31-21)16-4-2-15(9-25)3-5-16)22(30,11-29-13-26-12-27-29)18-7-6-17(23)8-19(18)24;1-8(2,3)13-15(11,12-7-10)14-9(4,5)6/h8-14,16,18-19,21H,17,20H2,1-7H3;2-8,10,12-14,30H,11H2,1H3;7H2,1-6H3/t21-,31+;14-,22+;/m00./s1. The highest BCUT2D eigenvalue weighted by Crippen LogP contribution is 2.57. The number of hydrogen-bond acceptors (Lipinski definition) is 20. The first-order valence-electron chi connectivity index (χ1n) is 28.1. The molecule has 0 spiro atoms. The molecule has 0 unspecified atom stereocenters. The molecule has 8 rings (SSSR count). The van der Waals surface area contributed by atoms with E-state index in [-0.39, 0.29) is 30.3 Å². The van der Waals surface area contributed by atoms with Crippen molar-refractivity contribution >= 4 is 49.9 Å². The lowest BCUT2D eigenvalue weighted by Gasteiger charge is -2.39. The summed E-state index contributed by atoms with van der Waals surface area (Å²) in [4.78, 5) is 17.4. The van der Waals surface area contributed by atoms with Crippen LogP contribution >= 0.6 is 49.9 Å². The number of hydrogen-bond donors (Lipinski definition) is 1. The molecule has 91 heavy (non-hydrogen) atoms. The molecule has 0 amide bonds. The number of thiazole rings is 2. The fourth-order valence-corrected chi connectivity index (χ4v) is 14.3. The van der Waals surface area contributed by atoms with Crippen molar-refractivity contribution in [2.45, 2.75) is 155 Å². The summed E-state index contributed by atoms with van der Waals surface area (Å²) in [5, 5.41) is 42.8. The number of aromatic nitrogens is 8. The van der Waals surface area contributed by atoms with Crippen LogP contribution in [0.3, 0.4) is 0 Å². The Labute approximate surface area is 540 Å². The minimum Gasteiger partial charge on any atom is -0.382 e. The van der Waals surface area contributed by atoms with Gasteiger partial charge in [0, 0.05) is 57.0 Å². The Balaban J connectivity index is 0.000000246. The third-order valence-electron chi connectivity index (χ3n) is 12.6. The molecule has 4 atom stereocenters. The molecule has 488 valence electrons. The summed E-state index contributed by atoms with van der Waals surface area (Å²) in [6, 6.07) is 24.2. The summed E-state index contributed by atoms with van der Waals surface area (Å²) in [5.74, 6) is -4.56. The van der Waals surface area contributed by atoms with E-state index in [1.807, 2.05) is 10.8 Å². The first kappa shape index (κ1) is 73.6. The molecule has 1 N–H and O–H groups in total. The number of phosphoric ester groups is 2. The average Bonchev–Trinajstić information content (AvgIpc) is 1.76. The van der Waals surface area contributed by atoms with Gasteiger partial charge in [0.1, 0.15) is 65.8 Å². The van der Waals surface area contributed by atoms with E-state index in [2.05, 4.69) is 37.3 Å². The predicted molar refractivity (Wildman–Crippen MR) is 337 cm³/mol. The van der Waals surface area contributed by atoms with Crippen molar-refractivity contribution in [1.29, 1.82) is 10.5 Å². The fraction of sp³-hybridized carbons (Fsp3) is 0.419. The summed E-state index contributed by atoms with van der Waals surface area (Å²) >= 11 is 8.03. The molecule has 4 heterocycles. The zero-order chi connectivity index (χ0) is 67.4. The maximum atomic E-state index is 15.7. The van der Waals surface area contributed by atoms with Gasteiger partial charge in [-0.3, -0.25) is 27.1 Å². The quantitative estimate of drug-likeness (QED) is 0.0286. The third-order valence-corrected chi connectivity index (χ3v) is 18.9. The van der Waals surface area contributed by atoms with Crippen LogP contribution < -0.4 is 0 Å². The zero-order valence-electron chi connectivity index (χ0n) is 52.7. The summed E-state index contributed by atoms with van der Waals surface area (Å²) in [6.07, 6.45) is 5.50. The Morgan fingerprint density at radius 2 is 0.978 bits per heavy atom. The van der Waals surface area contributed by atoms with Gasteiger partial charge in [-0.1, -0.05) is 61.8 Å². The van der Waals surface area contributed by atoms with Crippen LogP contribution in [0.5, 0.6) is 0 Å². The van der Waals surface area contributed by atoms with Crippen LogP contribution in [-0.4, -0.2) is 79.9 Å². The summed E-state index contributed by atoms with van der Waals surface area (Å²) in [7, 11) is -7.82. The van der Waals surface area contributed by atoms with Gasteiger partial charge in [-0.25, -0.2) is 56.0 Å². The van der Waals surface area contributed by atoms with E-state index < -0.39 is 91.1 Å². The second-order valence-corrected chi connectivity index (χ2v) is 29.6. The van der Waals surface area contributed by atoms with Crippen LogP contribution in [0.15, 0.2) is 121 Å². The molecule has 8 aromatic rings. The predicted octanol–water partition coefficient (Wildman–Crippen LogP) is 16.2. The number of aliphatic hydroxyl groups is 1. The smallest absolute Gasteiger partial charge is 0.382 e. The molecule has 0 aliphatic rings. The van der Waals surface area contributed by atoms with Crippen LogP contribution in [0.4, 0.5) is 17.6 Å². The normalized spacial score (nSPS) is 14.4. The Hall–Kier alpha value is -6.45. The van der Waals surface area contributed by atoms with Gasteiger partial charge in [-0.2, -0.15) is 20.7 Å². The molecule has 4 aromatic heterocycles. The SMILES string of the molecule is CC(C)(C)OP(=O)(OCCl)OC(C)(C)C.C[C@@H](c1nc(-c2ccc(C#N)cc2)cs1)[C@@](Cn1cncn1)(OCOP(=O)(OC(C)(C)C)OC(C)(C)C)c1ccc(F)cc1F.C[C@@H](c1nc(-c2ccc(C#N)cc2)cs1)[C@](O)(Cn1cncn1)c1ccc(F)cc1F. The van der Waals surface area contributed by atoms with E-state index in [9.17, 15) is 27.4 Å². The van der Waals surface area contributed by atoms with Gasteiger partial charge in [0.05, 0.1) is 80.2 Å². The van der Waals surface area contributed by atoms with Crippen molar-refractivity contribution < 1.29 is 63.7 Å². The Bertz CT molecular complexity index is 3810. The summed E-state index contributed by atoms with van der Waals surface area (Å²) < 4.78 is 126. The monoisotopic (exact) mass is 1350 g/mol. The van der Waals surface area contributed by atoms with Crippen LogP contribution in [0.2, 0.25) is 0 Å². The molecule has 29 heteroatoms. The number of nitrogens with zero attached hydrogens (tertiary/aromatic N) is 10. The van der Waals surface area contributed by atoms with Crippen LogP contribution in [0.25, 0.3) is 22.5 Å². The van der Waals surface area contributed by atoms with Gasteiger partial charge in [0.25, 0.3) is 0 Å². The Morgan fingerprint density at radius 1 is 0.582 bits per heavy atom. The number of ether oxygens (including phenoxy) is 1. The zero-order valence-corrected chi connectivity index (χ0v) is 56.9. The van der Waals surface area contributed by atoms with E-state index in [4.69, 9.17) is 59.0 Å². The highest BCUT2D eigenvalue weighted by atomic mass is 35.5. The Morgan fingerprint density at radius 3 is 1.35 bits per heavy atom. The molecule has 0 fully saturated rings. The van der Waals surface area contributed by atoms with E-state index in [1.54, 1.807) is 145 Å². The van der Waals surface area contributed by atoms with Gasteiger partial charge in [-0.15, -0.1) is 22.7 Å². The number of halogens is 5. The molecule has 0 saturated heterocycles. The lowest BCUT2D eigenvalue weighted by Crippen LogP contribution is -2.41. The molecule has 0 bridgehead atoms. The van der Waals surface area contributed by atoms with Crippen LogP contribution in [0.1, 0.15) is 141 Å². The van der Waals surface area contributed by atoms with Crippen molar-refractivity contribution in [3.8, 4) is 34.7 Å². The van der Waals surface area contributed by atoms with Gasteiger partial charge < -0.3 is 9.84 Å². The van der Waals surface area contributed by atoms with Gasteiger partial charge in [0.15, 0.2) is 6.79 Å². The molecule has 0 radical (unpaired) electrons. The topological polar surface area (TPSA) is 254 Å². The van der Waals surface area contributed by atoms with E-state index in [0.717, 1.165) is 35.4 Å². The first-order chi connectivity index (χ1) is 42.4. The van der Waals surface area contributed by atoms with Crippen molar-refractivity contribution in [1.82, 2.24) is 39.5 Å². The van der Waals surface area contributed by atoms with Gasteiger partial charge in [-0.05, 0) is 119 Å². The maximum absolute atomic E-state index is 15.7. The average molecular weight is 1360 g/mol. The van der Waals surface area contributed by atoms with Crippen LogP contribution in [0, 0.1) is 45.9 Å². The van der Waals surface area contributed by atoms with Gasteiger partial charge >= 0.3 is 15.6 Å². The lowest BCUT2D eigenvalue weighted by molar-refractivity contribution is -0.148. The highest BCUT2D eigenvalue weighted by molar-refractivity contribution is 7.48. The second-order valence-electron chi connectivity index (χ2n) is 24.6. The number of benzene rings is 4. The van der Waals surface area contributed by atoms with E-state index >= 15 is 4.39 Å². The maximum Gasteiger partial charge on any atom is 0.477 e. The van der Waals surface area contributed by atoms with Gasteiger partial charge in [0.2, 0.25) is 0 Å². The first-order valence-corrected chi connectivity index (χ1v) is 33.3. The van der Waals surface area contributed by atoms with E-state index in [1.165, 1.54) is 69.5 Å². The molecule has 0 saturated carbocycles. The molecule has 0 aliphatic carbocycles. The largest absolute Gasteiger partial charge is 0.477 e. The lowest BCUT2D eigenvalue weighted by atomic mass is 9.81. The molecule has 0 aliphatic heterocycles. The number of alkyl halides is 1. The summed E-state index contributed by atoms with van der Waals surface area (Å²) in [6.45, 7) is 23.5. The van der Waals surface area contributed by atoms with Crippen molar-refractivity contribution in [2.75, 3.05) is 12.9 Å². The molecular weight excluding hydrogens is 1280 g/mol.